The van der Waals surface area contributed by atoms with Gasteiger partial charge >= 0.3 is 0 Å². The number of nitrogens with zero attached hydrogens (tertiary/aromatic N) is 2. The van der Waals surface area contributed by atoms with Crippen LogP contribution in [0.15, 0.2) is 58.4 Å². The van der Waals surface area contributed by atoms with Crippen molar-refractivity contribution in [1.82, 2.24) is 9.99 Å². The van der Waals surface area contributed by atoms with Crippen molar-refractivity contribution in [3.05, 3.63) is 81.1 Å². The number of hydrogen-bond donors (Lipinski definition) is 1. The zero-order valence-corrected chi connectivity index (χ0v) is 16.3. The SMILES string of the molecule is CCC(=O)N1N=C(c2c(C)c3ccccc3[nH]c2=O)C[C@H]1c1ccc(C)cc1. The van der Waals surface area contributed by atoms with E-state index in [-0.39, 0.29) is 17.5 Å². The zero-order valence-electron chi connectivity index (χ0n) is 16.3. The Balaban J connectivity index is 1.82. The summed E-state index contributed by atoms with van der Waals surface area (Å²) in [7, 11) is 0. The number of H-pyrrole nitrogens is 1. The monoisotopic (exact) mass is 373 g/mol. The number of aromatic nitrogens is 1. The smallest absolute Gasteiger partial charge is 0.257 e. The van der Waals surface area contributed by atoms with Gasteiger partial charge in [0, 0.05) is 23.7 Å². The van der Waals surface area contributed by atoms with E-state index >= 15 is 0 Å². The number of carbonyl (C=O) groups is 1. The van der Waals surface area contributed by atoms with E-state index in [4.69, 9.17) is 0 Å². The maximum absolute atomic E-state index is 12.8. The van der Waals surface area contributed by atoms with Crippen molar-refractivity contribution in [1.29, 1.82) is 0 Å². The quantitative estimate of drug-likeness (QED) is 0.746. The van der Waals surface area contributed by atoms with Crippen molar-refractivity contribution >= 4 is 22.5 Å². The van der Waals surface area contributed by atoms with Gasteiger partial charge in [0.2, 0.25) is 5.91 Å². The number of nitrogens with one attached hydrogen (secondary N) is 1. The number of fused-ring (bicyclic) bond motifs is 1. The Hall–Kier alpha value is -3.21. The molecule has 0 radical (unpaired) electrons. The van der Waals surface area contributed by atoms with Gasteiger partial charge in [-0.15, -0.1) is 0 Å². The van der Waals surface area contributed by atoms with E-state index in [0.29, 0.717) is 24.1 Å². The standard InChI is InChI=1S/C23H23N3O2/c1-4-21(27)26-20(16-11-9-14(2)10-12-16)13-19(25-26)22-15(3)17-7-5-6-8-18(17)24-23(22)28/h5-12,20H,4,13H2,1-3H3,(H,24,28)/t20-/m0/s1. The van der Waals surface area contributed by atoms with E-state index in [9.17, 15) is 9.59 Å². The fraction of sp³-hybridized carbons (Fsp3) is 0.261. The first-order valence-corrected chi connectivity index (χ1v) is 9.57. The third-order valence-corrected chi connectivity index (χ3v) is 5.40. The summed E-state index contributed by atoms with van der Waals surface area (Å²) in [6.07, 6.45) is 0.892. The van der Waals surface area contributed by atoms with Crippen molar-refractivity contribution in [2.24, 2.45) is 5.10 Å². The maximum atomic E-state index is 12.8. The molecule has 0 unspecified atom stereocenters. The molecule has 1 aliphatic heterocycles. The zero-order chi connectivity index (χ0) is 19.8. The Kier molecular flexibility index (Phi) is 4.59. The number of amides is 1. The maximum Gasteiger partial charge on any atom is 0.257 e. The molecule has 3 aromatic rings. The van der Waals surface area contributed by atoms with Gasteiger partial charge in [0.05, 0.1) is 17.3 Å². The Morgan fingerprint density at radius 3 is 2.57 bits per heavy atom. The summed E-state index contributed by atoms with van der Waals surface area (Å²) in [5.41, 5.74) is 4.97. The topological polar surface area (TPSA) is 65.5 Å². The molecule has 0 saturated heterocycles. The Labute approximate surface area is 163 Å². The summed E-state index contributed by atoms with van der Waals surface area (Å²) in [5.74, 6) is -0.0459. The fourth-order valence-electron chi connectivity index (χ4n) is 3.86. The number of para-hydroxylation sites is 1. The molecule has 0 spiro atoms. The molecule has 4 rings (SSSR count). The van der Waals surface area contributed by atoms with Gasteiger partial charge in [0.1, 0.15) is 0 Å². The highest BCUT2D eigenvalue weighted by atomic mass is 16.2. The largest absolute Gasteiger partial charge is 0.321 e. The average molecular weight is 373 g/mol. The molecule has 1 atom stereocenters. The van der Waals surface area contributed by atoms with Crippen molar-refractivity contribution in [2.75, 3.05) is 0 Å². The Morgan fingerprint density at radius 2 is 1.86 bits per heavy atom. The van der Waals surface area contributed by atoms with E-state index < -0.39 is 0 Å². The number of hydrogen-bond acceptors (Lipinski definition) is 3. The minimum absolute atomic E-state index is 0.0459. The average Bonchev–Trinajstić information content (AvgIpc) is 3.13. The summed E-state index contributed by atoms with van der Waals surface area (Å²) < 4.78 is 0. The van der Waals surface area contributed by atoms with Crippen molar-refractivity contribution in [3.8, 4) is 0 Å². The molecule has 0 saturated carbocycles. The van der Waals surface area contributed by atoms with Gasteiger partial charge < -0.3 is 4.98 Å². The summed E-state index contributed by atoms with van der Waals surface area (Å²) in [4.78, 5) is 28.3. The molecule has 5 heteroatoms. The number of rotatable bonds is 3. The van der Waals surface area contributed by atoms with Crippen LogP contribution in [0.3, 0.4) is 0 Å². The first kappa shape index (κ1) is 18.2. The van der Waals surface area contributed by atoms with E-state index in [1.54, 1.807) is 5.01 Å². The van der Waals surface area contributed by atoms with Crippen molar-refractivity contribution in [2.45, 2.75) is 39.7 Å². The molecule has 0 bridgehead atoms. The van der Waals surface area contributed by atoms with Crippen LogP contribution >= 0.6 is 0 Å². The number of benzene rings is 2. The molecule has 1 aliphatic rings. The highest BCUT2D eigenvalue weighted by Crippen LogP contribution is 2.34. The van der Waals surface area contributed by atoms with Gasteiger partial charge in [-0.3, -0.25) is 9.59 Å². The fourth-order valence-corrected chi connectivity index (χ4v) is 3.86. The molecule has 2 heterocycles. The van der Waals surface area contributed by atoms with Crippen LogP contribution in [0.5, 0.6) is 0 Å². The first-order chi connectivity index (χ1) is 13.5. The number of pyridine rings is 1. The summed E-state index contributed by atoms with van der Waals surface area (Å²) >= 11 is 0. The third-order valence-electron chi connectivity index (χ3n) is 5.40. The summed E-state index contributed by atoms with van der Waals surface area (Å²) in [5, 5.41) is 7.16. The molecule has 0 aliphatic carbocycles. The highest BCUT2D eigenvalue weighted by molar-refractivity contribution is 6.06. The van der Waals surface area contributed by atoms with Gasteiger partial charge in [0.25, 0.3) is 5.56 Å². The third kappa shape index (κ3) is 3.03. The second-order valence-electron chi connectivity index (χ2n) is 7.27. The van der Waals surface area contributed by atoms with Crippen LogP contribution in [0, 0.1) is 13.8 Å². The predicted molar refractivity (Wildman–Crippen MR) is 112 cm³/mol. The lowest BCUT2D eigenvalue weighted by Crippen LogP contribution is -2.26. The number of aromatic amines is 1. The van der Waals surface area contributed by atoms with Crippen LogP contribution in [-0.2, 0) is 4.79 Å². The second-order valence-corrected chi connectivity index (χ2v) is 7.27. The number of hydrazone groups is 1. The molecule has 1 aromatic heterocycles. The lowest BCUT2D eigenvalue weighted by atomic mass is 9.95. The Bertz CT molecular complexity index is 1140. The van der Waals surface area contributed by atoms with Crippen LogP contribution in [0.4, 0.5) is 0 Å². The van der Waals surface area contributed by atoms with Gasteiger partial charge in [-0.05, 0) is 31.0 Å². The first-order valence-electron chi connectivity index (χ1n) is 9.57. The number of carbonyl (C=O) groups excluding carboxylic acids is 1. The van der Waals surface area contributed by atoms with Gasteiger partial charge in [-0.25, -0.2) is 5.01 Å². The van der Waals surface area contributed by atoms with Gasteiger partial charge in [0.15, 0.2) is 0 Å². The van der Waals surface area contributed by atoms with Crippen LogP contribution in [0.2, 0.25) is 0 Å². The van der Waals surface area contributed by atoms with Gasteiger partial charge in [-0.2, -0.15) is 5.10 Å². The van der Waals surface area contributed by atoms with Crippen LogP contribution in [0.25, 0.3) is 10.9 Å². The molecule has 0 fully saturated rings. The molecule has 5 nitrogen and oxygen atoms in total. The summed E-state index contributed by atoms with van der Waals surface area (Å²) in [6.45, 7) is 5.81. The normalized spacial score (nSPS) is 16.5. The molecular formula is C23H23N3O2. The van der Waals surface area contributed by atoms with Crippen LogP contribution < -0.4 is 5.56 Å². The molecule has 1 N–H and O–H groups in total. The van der Waals surface area contributed by atoms with Gasteiger partial charge in [-0.1, -0.05) is 55.0 Å². The highest BCUT2D eigenvalue weighted by Gasteiger charge is 2.34. The Morgan fingerprint density at radius 1 is 1.14 bits per heavy atom. The van der Waals surface area contributed by atoms with Crippen molar-refractivity contribution < 1.29 is 4.79 Å². The van der Waals surface area contributed by atoms with Crippen LogP contribution in [0.1, 0.15) is 48.1 Å². The molecule has 2 aromatic carbocycles. The lowest BCUT2D eigenvalue weighted by molar-refractivity contribution is -0.132. The molecule has 28 heavy (non-hydrogen) atoms. The van der Waals surface area contributed by atoms with E-state index in [1.165, 1.54) is 0 Å². The minimum Gasteiger partial charge on any atom is -0.321 e. The van der Waals surface area contributed by atoms with E-state index in [0.717, 1.165) is 27.6 Å². The van der Waals surface area contributed by atoms with E-state index in [2.05, 4.69) is 10.1 Å². The second kappa shape index (κ2) is 7.08. The van der Waals surface area contributed by atoms with Crippen molar-refractivity contribution in [3.63, 3.8) is 0 Å². The minimum atomic E-state index is -0.187. The number of aryl methyl sites for hydroxylation is 2. The molecule has 142 valence electrons. The molecular weight excluding hydrogens is 350 g/mol. The lowest BCUT2D eigenvalue weighted by Gasteiger charge is -2.21. The summed E-state index contributed by atoms with van der Waals surface area (Å²) in [6, 6.07) is 15.7. The predicted octanol–water partition coefficient (Wildman–Crippen LogP) is 4.23. The van der Waals surface area contributed by atoms with Crippen LogP contribution in [-0.4, -0.2) is 21.6 Å². The van der Waals surface area contributed by atoms with E-state index in [1.807, 2.05) is 69.3 Å². The molecule has 1 amide bonds.